The highest BCUT2D eigenvalue weighted by atomic mass is 35.5. The van der Waals surface area contributed by atoms with Gasteiger partial charge < -0.3 is 5.11 Å². The van der Waals surface area contributed by atoms with Gasteiger partial charge >= 0.3 is 11.7 Å². The van der Waals surface area contributed by atoms with Crippen molar-refractivity contribution >= 4 is 55.7 Å². The summed E-state index contributed by atoms with van der Waals surface area (Å²) in [6, 6.07) is 13.6. The summed E-state index contributed by atoms with van der Waals surface area (Å²) < 4.78 is 33.2. The fourth-order valence-electron chi connectivity index (χ4n) is 3.31. The van der Waals surface area contributed by atoms with Crippen molar-refractivity contribution in [2.75, 3.05) is 10.8 Å². The van der Waals surface area contributed by atoms with Gasteiger partial charge in [-0.25, -0.2) is 13.2 Å². The summed E-state index contributed by atoms with van der Waals surface area (Å²) in [5.41, 5.74) is 0.759. The smallest absolute Gasteiger partial charge is 0.441 e. The Morgan fingerprint density at radius 2 is 1.70 bits per heavy atom. The lowest BCUT2D eigenvalue weighted by molar-refractivity contribution is -0.135. The molecule has 9 nitrogen and oxygen atoms in total. The van der Waals surface area contributed by atoms with Crippen LogP contribution < -0.4 is 10.1 Å². The minimum absolute atomic E-state index is 0.102. The molecule has 1 N–H and O–H groups in total. The van der Waals surface area contributed by atoms with Crippen LogP contribution in [0.5, 0.6) is 0 Å². The molecule has 4 rings (SSSR count). The fourth-order valence-corrected chi connectivity index (χ4v) is 5.44. The number of anilines is 1. The van der Waals surface area contributed by atoms with Crippen LogP contribution in [0.25, 0.3) is 22.2 Å². The number of sulfonamides is 1. The topological polar surface area (TPSA) is 123 Å². The van der Waals surface area contributed by atoms with Gasteiger partial charge in [0.25, 0.3) is 10.0 Å². The van der Waals surface area contributed by atoms with Gasteiger partial charge in [0.15, 0.2) is 5.82 Å². The molecule has 0 bridgehead atoms. The number of fused-ring (bicyclic) bond motifs is 1. The predicted molar refractivity (Wildman–Crippen MR) is 123 cm³/mol. The molecule has 0 saturated heterocycles. The van der Waals surface area contributed by atoms with Crippen molar-refractivity contribution in [1.29, 1.82) is 0 Å². The molecule has 4 aromatic rings. The van der Waals surface area contributed by atoms with E-state index in [0.717, 1.165) is 4.31 Å². The first-order chi connectivity index (χ1) is 15.6. The Labute approximate surface area is 197 Å². The van der Waals surface area contributed by atoms with Gasteiger partial charge in [0.1, 0.15) is 6.54 Å². The summed E-state index contributed by atoms with van der Waals surface area (Å²) in [6.07, 6.45) is 0. The normalized spacial score (nSPS) is 11.6. The number of carboxylic acid groups (broad SMARTS) is 1. The van der Waals surface area contributed by atoms with E-state index in [0.29, 0.717) is 22.2 Å². The number of hydrogen-bond donors (Lipinski definition) is 1. The molecular weight excluding hydrogens is 493 g/mol. The Balaban J connectivity index is 1.80. The number of nitrogens with zero attached hydrogens (tertiary/aromatic N) is 3. The molecule has 0 saturated carbocycles. The molecule has 170 valence electrons. The lowest BCUT2D eigenvalue weighted by atomic mass is 10.1. The van der Waals surface area contributed by atoms with Crippen molar-refractivity contribution in [3.63, 3.8) is 0 Å². The molecule has 12 heteroatoms. The minimum atomic E-state index is -4.29. The summed E-state index contributed by atoms with van der Waals surface area (Å²) in [4.78, 5) is 22.8. The van der Waals surface area contributed by atoms with Gasteiger partial charge in [-0.1, -0.05) is 46.6 Å². The van der Waals surface area contributed by atoms with Crippen molar-refractivity contribution in [3.8, 4) is 11.4 Å². The van der Waals surface area contributed by atoms with Crippen LogP contribution in [-0.4, -0.2) is 35.8 Å². The second kappa shape index (κ2) is 8.54. The average Bonchev–Trinajstić information content (AvgIpc) is 3.09. The van der Waals surface area contributed by atoms with Crippen molar-refractivity contribution in [1.82, 2.24) is 9.72 Å². The molecule has 0 unspecified atom stereocenters. The van der Waals surface area contributed by atoms with Crippen LogP contribution in [0.1, 0.15) is 0 Å². The SMILES string of the molecule is Cn1c(-c2ccc3cc(N(CC(=O)O)S(=O)(=O)c4cc(Cl)cc(Cl)c4)ccc3c2)noc1=O. The van der Waals surface area contributed by atoms with Crippen LogP contribution in [0, 0.1) is 0 Å². The zero-order chi connectivity index (χ0) is 23.9. The summed E-state index contributed by atoms with van der Waals surface area (Å²) in [5, 5.41) is 14.7. The second-order valence-electron chi connectivity index (χ2n) is 7.09. The summed E-state index contributed by atoms with van der Waals surface area (Å²) in [7, 11) is -2.77. The van der Waals surface area contributed by atoms with Crippen LogP contribution >= 0.6 is 23.2 Å². The van der Waals surface area contributed by atoms with Crippen molar-refractivity contribution in [2.45, 2.75) is 4.90 Å². The van der Waals surface area contributed by atoms with Gasteiger partial charge in [-0.05, 0) is 47.2 Å². The van der Waals surface area contributed by atoms with E-state index in [-0.39, 0.29) is 20.6 Å². The summed E-state index contributed by atoms with van der Waals surface area (Å²) >= 11 is 11.9. The molecule has 0 aliphatic carbocycles. The van der Waals surface area contributed by atoms with Crippen molar-refractivity contribution in [3.05, 3.63) is 75.2 Å². The third kappa shape index (κ3) is 4.45. The second-order valence-corrected chi connectivity index (χ2v) is 9.82. The van der Waals surface area contributed by atoms with E-state index in [1.807, 2.05) is 0 Å². The van der Waals surface area contributed by atoms with E-state index in [4.69, 9.17) is 23.2 Å². The number of carboxylic acids is 1. The number of hydrogen-bond acceptors (Lipinski definition) is 6. The third-order valence-corrected chi connectivity index (χ3v) is 7.06. The lowest BCUT2D eigenvalue weighted by Gasteiger charge is -2.23. The molecular formula is C21H15Cl2N3O6S. The number of aromatic nitrogens is 2. The highest BCUT2D eigenvalue weighted by Crippen LogP contribution is 2.31. The lowest BCUT2D eigenvalue weighted by Crippen LogP contribution is -2.35. The van der Waals surface area contributed by atoms with E-state index in [1.165, 1.54) is 35.9 Å². The highest BCUT2D eigenvalue weighted by Gasteiger charge is 2.28. The maximum atomic E-state index is 13.3. The van der Waals surface area contributed by atoms with Crippen LogP contribution in [0.3, 0.4) is 0 Å². The summed E-state index contributed by atoms with van der Waals surface area (Å²) in [6.45, 7) is -0.808. The van der Waals surface area contributed by atoms with E-state index in [2.05, 4.69) is 9.68 Å². The first-order valence-corrected chi connectivity index (χ1v) is 11.5. The molecule has 33 heavy (non-hydrogen) atoms. The van der Waals surface area contributed by atoms with E-state index in [9.17, 15) is 23.1 Å². The summed E-state index contributed by atoms with van der Waals surface area (Å²) in [5.74, 6) is -1.61. The van der Waals surface area contributed by atoms with Gasteiger partial charge in [-0.3, -0.25) is 18.2 Å². The van der Waals surface area contributed by atoms with Gasteiger partial charge in [-0.15, -0.1) is 0 Å². The van der Waals surface area contributed by atoms with Crippen LogP contribution in [0.2, 0.25) is 10.0 Å². The molecule has 3 aromatic carbocycles. The number of rotatable bonds is 6. The van der Waals surface area contributed by atoms with Gasteiger partial charge in [0, 0.05) is 22.7 Å². The van der Waals surface area contributed by atoms with E-state index in [1.54, 1.807) is 30.3 Å². The highest BCUT2D eigenvalue weighted by molar-refractivity contribution is 7.92. The molecule has 0 spiro atoms. The Hall–Kier alpha value is -3.34. The molecule has 0 aliphatic heterocycles. The third-order valence-electron chi connectivity index (χ3n) is 4.87. The van der Waals surface area contributed by atoms with Crippen LogP contribution in [0.4, 0.5) is 5.69 Å². The van der Waals surface area contributed by atoms with E-state index >= 15 is 0 Å². The quantitative estimate of drug-likeness (QED) is 0.421. The maximum Gasteiger partial charge on any atom is 0.441 e. The Morgan fingerprint density at radius 3 is 2.30 bits per heavy atom. The average molecular weight is 508 g/mol. The number of halogens is 2. The zero-order valence-electron chi connectivity index (χ0n) is 16.9. The fraction of sp³-hybridized carbons (Fsp3) is 0.0952. The Morgan fingerprint density at radius 1 is 1.06 bits per heavy atom. The number of carbonyl (C=O) groups is 1. The monoisotopic (exact) mass is 507 g/mol. The zero-order valence-corrected chi connectivity index (χ0v) is 19.2. The number of benzene rings is 3. The molecule has 1 heterocycles. The largest absolute Gasteiger partial charge is 0.480 e. The van der Waals surface area contributed by atoms with Gasteiger partial charge in [0.2, 0.25) is 0 Å². The van der Waals surface area contributed by atoms with Gasteiger partial charge in [0.05, 0.1) is 10.6 Å². The maximum absolute atomic E-state index is 13.3. The van der Waals surface area contributed by atoms with Gasteiger partial charge in [-0.2, -0.15) is 0 Å². The standard InChI is InChI=1S/C21H15Cl2N3O6S/c1-25-20(24-32-21(25)29)14-3-2-13-7-17(5-4-12(13)6-14)26(11-19(27)28)33(30,31)18-9-15(22)8-16(23)10-18/h2-10H,11H2,1H3,(H,27,28). The van der Waals surface area contributed by atoms with E-state index < -0.39 is 28.3 Å². The molecule has 0 aliphatic rings. The Bertz CT molecular complexity index is 1540. The predicted octanol–water partition coefficient (Wildman–Crippen LogP) is 3.78. The molecule has 0 atom stereocenters. The first kappa shape index (κ1) is 22.8. The van der Waals surface area contributed by atoms with Crippen LogP contribution in [0.15, 0.2) is 68.8 Å². The van der Waals surface area contributed by atoms with Crippen LogP contribution in [-0.2, 0) is 21.9 Å². The minimum Gasteiger partial charge on any atom is -0.480 e. The molecule has 0 amide bonds. The molecule has 0 radical (unpaired) electrons. The number of aliphatic carboxylic acids is 1. The molecule has 1 aromatic heterocycles. The Kier molecular flexibility index (Phi) is 5.91. The first-order valence-electron chi connectivity index (χ1n) is 9.34. The van der Waals surface area contributed by atoms with Crippen molar-refractivity contribution < 1.29 is 22.8 Å². The van der Waals surface area contributed by atoms with Crippen molar-refractivity contribution in [2.24, 2.45) is 7.05 Å². The molecule has 0 fully saturated rings.